The minimum Gasteiger partial charge on any atom is -0.457 e. The van der Waals surface area contributed by atoms with Crippen LogP contribution in [0.1, 0.15) is 30.4 Å². The summed E-state index contributed by atoms with van der Waals surface area (Å²) in [6, 6.07) is 14.4. The maximum absolute atomic E-state index is 14.5. The molecule has 3 heterocycles. The van der Waals surface area contributed by atoms with Crippen LogP contribution in [-0.4, -0.2) is 55.5 Å². The zero-order valence-corrected chi connectivity index (χ0v) is 21.8. The van der Waals surface area contributed by atoms with E-state index in [9.17, 15) is 9.18 Å². The number of pyridine rings is 1. The van der Waals surface area contributed by atoms with E-state index in [4.69, 9.17) is 14.5 Å². The highest BCUT2D eigenvalue weighted by molar-refractivity contribution is 6.00. The van der Waals surface area contributed by atoms with E-state index in [1.165, 1.54) is 6.07 Å². The van der Waals surface area contributed by atoms with Crippen molar-refractivity contribution in [2.45, 2.75) is 25.7 Å². The molecule has 2 N–H and O–H groups in total. The van der Waals surface area contributed by atoms with E-state index >= 15 is 0 Å². The van der Waals surface area contributed by atoms with Gasteiger partial charge in [-0.05, 0) is 68.4 Å². The van der Waals surface area contributed by atoms with Crippen LogP contribution in [0.4, 0.5) is 21.6 Å². The SMILES string of the molecule is CC1Cc2ccc(Oc3ccnc(NC(=O)CN(C)C)c3)cc2N=C1Nc1ccc(F)c(C2CCOC2)c1. The summed E-state index contributed by atoms with van der Waals surface area (Å²) in [5.41, 5.74) is 3.45. The topological polar surface area (TPSA) is 88.1 Å². The predicted octanol–water partition coefficient (Wildman–Crippen LogP) is 5.35. The van der Waals surface area contributed by atoms with Crippen LogP contribution in [0.15, 0.2) is 59.7 Å². The number of aliphatic imine (C=N–C) groups is 1. The Bertz CT molecular complexity index is 1350. The number of hydrogen-bond acceptors (Lipinski definition) is 7. The van der Waals surface area contributed by atoms with Gasteiger partial charge in [-0.2, -0.15) is 0 Å². The Kier molecular flexibility index (Phi) is 7.67. The number of nitrogens with one attached hydrogen (secondary N) is 2. The summed E-state index contributed by atoms with van der Waals surface area (Å²) in [7, 11) is 3.66. The van der Waals surface area contributed by atoms with Crippen molar-refractivity contribution in [1.29, 1.82) is 0 Å². The van der Waals surface area contributed by atoms with Crippen LogP contribution in [-0.2, 0) is 16.0 Å². The van der Waals surface area contributed by atoms with Gasteiger partial charge in [-0.1, -0.05) is 13.0 Å². The molecule has 3 aromatic rings. The van der Waals surface area contributed by atoms with Crippen LogP contribution < -0.4 is 15.4 Å². The van der Waals surface area contributed by atoms with E-state index in [1.54, 1.807) is 29.3 Å². The van der Waals surface area contributed by atoms with Crippen molar-refractivity contribution in [3.63, 3.8) is 0 Å². The molecule has 2 aliphatic rings. The van der Waals surface area contributed by atoms with E-state index in [1.807, 2.05) is 38.4 Å². The van der Waals surface area contributed by atoms with Gasteiger partial charge in [0.1, 0.15) is 29.0 Å². The molecule has 1 aromatic heterocycles. The monoisotopic (exact) mass is 517 g/mol. The van der Waals surface area contributed by atoms with Crippen molar-refractivity contribution in [2.75, 3.05) is 44.5 Å². The Labute approximate surface area is 221 Å². The molecule has 2 aromatic carbocycles. The molecule has 0 bridgehead atoms. The molecule has 0 spiro atoms. The Morgan fingerprint density at radius 1 is 1.16 bits per heavy atom. The highest BCUT2D eigenvalue weighted by atomic mass is 19.1. The van der Waals surface area contributed by atoms with Gasteiger partial charge < -0.3 is 25.0 Å². The first-order valence-corrected chi connectivity index (χ1v) is 12.8. The Hall–Kier alpha value is -3.82. The lowest BCUT2D eigenvalue weighted by molar-refractivity contribution is -0.116. The van der Waals surface area contributed by atoms with Crippen molar-refractivity contribution in [3.05, 3.63) is 71.7 Å². The summed E-state index contributed by atoms with van der Waals surface area (Å²) in [4.78, 5) is 22.9. The van der Waals surface area contributed by atoms with Crippen molar-refractivity contribution in [2.24, 2.45) is 10.9 Å². The third-order valence-corrected chi connectivity index (χ3v) is 6.62. The van der Waals surface area contributed by atoms with Gasteiger partial charge in [0.25, 0.3) is 0 Å². The molecule has 0 radical (unpaired) electrons. The number of carbonyl (C=O) groups excluding carboxylic acids is 1. The number of amidine groups is 1. The molecule has 9 heteroatoms. The third-order valence-electron chi connectivity index (χ3n) is 6.62. The summed E-state index contributed by atoms with van der Waals surface area (Å²) in [5.74, 6) is 2.34. The van der Waals surface area contributed by atoms with E-state index in [2.05, 4.69) is 22.5 Å². The highest BCUT2D eigenvalue weighted by Crippen LogP contribution is 2.35. The summed E-state index contributed by atoms with van der Waals surface area (Å²) in [6.45, 7) is 3.60. The Morgan fingerprint density at radius 3 is 2.79 bits per heavy atom. The largest absolute Gasteiger partial charge is 0.457 e. The molecule has 1 fully saturated rings. The normalized spacial score (nSPS) is 18.6. The van der Waals surface area contributed by atoms with Gasteiger partial charge in [0.05, 0.1) is 18.8 Å². The third kappa shape index (κ3) is 6.17. The van der Waals surface area contributed by atoms with Crippen molar-refractivity contribution < 1.29 is 18.7 Å². The summed E-state index contributed by atoms with van der Waals surface area (Å²) in [5, 5.41) is 6.20. The van der Waals surface area contributed by atoms with Crippen LogP contribution in [0, 0.1) is 11.7 Å². The fraction of sp³-hybridized carbons (Fsp3) is 0.345. The molecule has 8 nitrogen and oxygen atoms in total. The molecule has 38 heavy (non-hydrogen) atoms. The van der Waals surface area contributed by atoms with Crippen molar-refractivity contribution in [3.8, 4) is 11.5 Å². The molecular weight excluding hydrogens is 485 g/mol. The number of hydrogen-bond donors (Lipinski definition) is 2. The molecule has 0 aliphatic carbocycles. The van der Waals surface area contributed by atoms with Crippen LogP contribution >= 0.6 is 0 Å². The first-order chi connectivity index (χ1) is 18.3. The lowest BCUT2D eigenvalue weighted by Gasteiger charge is -2.24. The summed E-state index contributed by atoms with van der Waals surface area (Å²) in [6.07, 6.45) is 3.24. The van der Waals surface area contributed by atoms with E-state index in [0.717, 1.165) is 35.6 Å². The summed E-state index contributed by atoms with van der Waals surface area (Å²) >= 11 is 0. The standard InChI is InChI=1S/C29H32FN5O3/c1-18-12-19-4-6-22(38-23-8-10-31-27(15-23)34-28(36)16-35(2)3)14-26(19)33-29(18)32-21-5-7-25(30)24(13-21)20-9-11-37-17-20/h4-8,10,13-15,18,20H,9,11-12,16-17H2,1-3H3,(H,32,33)(H,31,34,36). The number of nitrogens with zero attached hydrogens (tertiary/aromatic N) is 3. The van der Waals surface area contributed by atoms with Crippen LogP contribution in [0.2, 0.25) is 0 Å². The number of benzene rings is 2. The highest BCUT2D eigenvalue weighted by Gasteiger charge is 2.23. The van der Waals surface area contributed by atoms with E-state index < -0.39 is 0 Å². The second kappa shape index (κ2) is 11.3. The molecule has 0 saturated carbocycles. The number of fused-ring (bicyclic) bond motifs is 1. The number of ether oxygens (including phenoxy) is 2. The lowest BCUT2D eigenvalue weighted by Crippen LogP contribution is -2.27. The summed E-state index contributed by atoms with van der Waals surface area (Å²) < 4.78 is 26.0. The second-order valence-electron chi connectivity index (χ2n) is 10.1. The fourth-order valence-electron chi connectivity index (χ4n) is 4.71. The van der Waals surface area contributed by atoms with E-state index in [0.29, 0.717) is 36.1 Å². The van der Waals surface area contributed by atoms with Crippen LogP contribution in [0.25, 0.3) is 0 Å². The first kappa shape index (κ1) is 25.8. The van der Waals surface area contributed by atoms with Crippen LogP contribution in [0.3, 0.4) is 0 Å². The number of carbonyl (C=O) groups is 1. The van der Waals surface area contributed by atoms with Gasteiger partial charge in [-0.25, -0.2) is 14.4 Å². The van der Waals surface area contributed by atoms with Crippen LogP contribution in [0.5, 0.6) is 11.5 Å². The van der Waals surface area contributed by atoms with Gasteiger partial charge >= 0.3 is 0 Å². The lowest BCUT2D eigenvalue weighted by atomic mass is 9.94. The molecular formula is C29H32FN5O3. The van der Waals surface area contributed by atoms with Gasteiger partial charge in [0.15, 0.2) is 0 Å². The van der Waals surface area contributed by atoms with E-state index in [-0.39, 0.29) is 30.1 Å². The minimum atomic E-state index is -0.201. The first-order valence-electron chi connectivity index (χ1n) is 12.8. The van der Waals surface area contributed by atoms with Crippen molar-refractivity contribution in [1.82, 2.24) is 9.88 Å². The van der Waals surface area contributed by atoms with Crippen molar-refractivity contribution >= 4 is 28.9 Å². The maximum Gasteiger partial charge on any atom is 0.239 e. The van der Waals surface area contributed by atoms with Gasteiger partial charge in [0, 0.05) is 42.5 Å². The van der Waals surface area contributed by atoms with Gasteiger partial charge in [0.2, 0.25) is 5.91 Å². The van der Waals surface area contributed by atoms with Gasteiger partial charge in [-0.3, -0.25) is 4.79 Å². The molecule has 198 valence electrons. The second-order valence-corrected chi connectivity index (χ2v) is 10.1. The Balaban J connectivity index is 1.32. The zero-order chi connectivity index (χ0) is 26.6. The maximum atomic E-state index is 14.5. The average molecular weight is 518 g/mol. The molecule has 2 aliphatic heterocycles. The number of halogens is 1. The molecule has 1 saturated heterocycles. The number of anilines is 2. The minimum absolute atomic E-state index is 0.0814. The Morgan fingerprint density at radius 2 is 2.00 bits per heavy atom. The molecule has 1 amide bonds. The number of rotatable bonds is 7. The molecule has 2 unspecified atom stereocenters. The quantitative estimate of drug-likeness (QED) is 0.439. The smallest absolute Gasteiger partial charge is 0.239 e. The number of amides is 1. The predicted molar refractivity (Wildman–Crippen MR) is 146 cm³/mol. The molecule has 5 rings (SSSR count). The molecule has 2 atom stereocenters. The number of likely N-dealkylation sites (N-methyl/N-ethyl adjacent to an activating group) is 1. The average Bonchev–Trinajstić information content (AvgIpc) is 3.40. The van der Waals surface area contributed by atoms with Gasteiger partial charge in [-0.15, -0.1) is 0 Å². The zero-order valence-electron chi connectivity index (χ0n) is 21.8. The fourth-order valence-corrected chi connectivity index (χ4v) is 4.71. The number of aromatic nitrogens is 1.